The number of nitrogens with zero attached hydrogens (tertiary/aromatic N) is 1. The largest absolute Gasteiger partial charge is 0.303 e. The van der Waals surface area contributed by atoms with Gasteiger partial charge in [0.2, 0.25) is 0 Å². The molecule has 39 valence electrons. The smallest absolute Gasteiger partial charge is 0.00162 e. The summed E-state index contributed by atoms with van der Waals surface area (Å²) in [6.45, 7) is 3.99. The minimum absolute atomic E-state index is 0.972. The summed E-state index contributed by atoms with van der Waals surface area (Å²) in [7, 11) is 0. The van der Waals surface area contributed by atoms with Crippen LogP contribution < -0.4 is 0 Å². The Kier molecular flexibility index (Phi) is 0.680. The molecule has 1 radical (unpaired) electrons. The van der Waals surface area contributed by atoms with Crippen LogP contribution in [-0.2, 0) is 0 Å². The summed E-state index contributed by atoms with van der Waals surface area (Å²) in [6, 6.07) is 0. The second-order valence-electron chi connectivity index (χ2n) is 2.54. The third kappa shape index (κ3) is 0.480. The Morgan fingerprint density at radius 2 is 2.57 bits per heavy atom. The van der Waals surface area contributed by atoms with Crippen molar-refractivity contribution in [1.82, 2.24) is 4.90 Å². The van der Waals surface area contributed by atoms with Crippen molar-refractivity contribution in [3.05, 3.63) is 6.42 Å². The van der Waals surface area contributed by atoms with Crippen molar-refractivity contribution in [3.8, 4) is 0 Å². The van der Waals surface area contributed by atoms with Gasteiger partial charge in [-0.2, -0.15) is 0 Å². The summed E-state index contributed by atoms with van der Waals surface area (Å²) in [5.74, 6) is 0.972. The average Bonchev–Trinajstić information content (AvgIpc) is 2.22. The first-order valence-electron chi connectivity index (χ1n) is 3.01. The lowest BCUT2D eigenvalue weighted by Crippen LogP contribution is -2.16. The minimum Gasteiger partial charge on any atom is -0.303 e. The van der Waals surface area contributed by atoms with Gasteiger partial charge >= 0.3 is 0 Å². The quantitative estimate of drug-likeness (QED) is 0.425. The fourth-order valence-electron chi connectivity index (χ4n) is 1.52. The van der Waals surface area contributed by atoms with Crippen LogP contribution in [0.4, 0.5) is 0 Å². The van der Waals surface area contributed by atoms with Gasteiger partial charge in [0.1, 0.15) is 0 Å². The Bertz CT molecular complexity index is 62.2. The molecule has 0 aromatic carbocycles. The highest BCUT2D eigenvalue weighted by atomic mass is 15.2. The van der Waals surface area contributed by atoms with Crippen molar-refractivity contribution < 1.29 is 0 Å². The monoisotopic (exact) mass is 96.1 g/mol. The lowest BCUT2D eigenvalue weighted by Gasteiger charge is -2.08. The summed E-state index contributed by atoms with van der Waals surface area (Å²) in [5, 5.41) is 0. The summed E-state index contributed by atoms with van der Waals surface area (Å²) in [5.41, 5.74) is 0. The van der Waals surface area contributed by atoms with Crippen LogP contribution in [0.1, 0.15) is 6.42 Å². The molecule has 1 heteroatoms. The van der Waals surface area contributed by atoms with Crippen molar-refractivity contribution in [3.63, 3.8) is 0 Å². The first-order chi connectivity index (χ1) is 3.45. The predicted molar refractivity (Wildman–Crippen MR) is 28.8 cm³/mol. The van der Waals surface area contributed by atoms with Gasteiger partial charge in [-0.15, -0.1) is 0 Å². The zero-order valence-corrected chi connectivity index (χ0v) is 4.43. The van der Waals surface area contributed by atoms with E-state index in [-0.39, 0.29) is 0 Å². The molecule has 2 saturated heterocycles. The normalized spacial score (nSPS) is 48.0. The molecule has 2 rings (SSSR count). The van der Waals surface area contributed by atoms with Crippen molar-refractivity contribution in [2.45, 2.75) is 6.42 Å². The molecule has 2 aliphatic heterocycles. The van der Waals surface area contributed by atoms with Crippen LogP contribution >= 0.6 is 0 Å². The van der Waals surface area contributed by atoms with Crippen LogP contribution in [0.5, 0.6) is 0 Å². The molecule has 0 amide bonds. The first kappa shape index (κ1) is 3.90. The summed E-state index contributed by atoms with van der Waals surface area (Å²) >= 11 is 0. The standard InChI is InChI=1S/C6H10N/c1-3-7-4-2-6(1)5-7/h1,6H,2-5H2. The molecule has 0 aromatic heterocycles. The molecule has 0 saturated carbocycles. The Hall–Kier alpha value is -0.0400. The van der Waals surface area contributed by atoms with E-state index in [2.05, 4.69) is 11.3 Å². The van der Waals surface area contributed by atoms with Gasteiger partial charge in [0, 0.05) is 13.1 Å². The molecular weight excluding hydrogens is 86.1 g/mol. The highest BCUT2D eigenvalue weighted by Crippen LogP contribution is 2.25. The zero-order valence-electron chi connectivity index (χ0n) is 4.43. The van der Waals surface area contributed by atoms with Gasteiger partial charge < -0.3 is 4.90 Å². The van der Waals surface area contributed by atoms with E-state index in [0.717, 1.165) is 5.92 Å². The maximum Gasteiger partial charge on any atom is 0.00162 e. The van der Waals surface area contributed by atoms with Crippen molar-refractivity contribution in [2.75, 3.05) is 19.6 Å². The van der Waals surface area contributed by atoms with Gasteiger partial charge in [0.05, 0.1) is 0 Å². The third-order valence-corrected chi connectivity index (χ3v) is 2.01. The van der Waals surface area contributed by atoms with E-state index >= 15 is 0 Å². The highest BCUT2D eigenvalue weighted by molar-refractivity contribution is 4.95. The molecule has 2 atom stereocenters. The van der Waals surface area contributed by atoms with Gasteiger partial charge in [-0.3, -0.25) is 0 Å². The molecule has 2 aliphatic rings. The maximum absolute atomic E-state index is 2.50. The Labute approximate surface area is 44.3 Å². The molecular formula is C6H10N. The Balaban J connectivity index is 2.12. The number of hydrogen-bond acceptors (Lipinski definition) is 1. The Morgan fingerprint density at radius 1 is 1.57 bits per heavy atom. The van der Waals surface area contributed by atoms with E-state index < -0.39 is 0 Å². The van der Waals surface area contributed by atoms with E-state index in [9.17, 15) is 0 Å². The summed E-state index contributed by atoms with van der Waals surface area (Å²) in [4.78, 5) is 2.50. The maximum atomic E-state index is 2.50. The van der Waals surface area contributed by atoms with Crippen LogP contribution in [-0.4, -0.2) is 24.5 Å². The third-order valence-electron chi connectivity index (χ3n) is 2.01. The SMILES string of the molecule is [CH]1CN2CCC1C2. The average molecular weight is 96.2 g/mol. The Morgan fingerprint density at radius 3 is 2.71 bits per heavy atom. The molecule has 7 heavy (non-hydrogen) atoms. The van der Waals surface area contributed by atoms with Crippen LogP contribution in [0.25, 0.3) is 0 Å². The summed E-state index contributed by atoms with van der Waals surface area (Å²) < 4.78 is 0. The topological polar surface area (TPSA) is 3.24 Å². The summed E-state index contributed by atoms with van der Waals surface area (Å²) in [6.07, 6.45) is 3.86. The van der Waals surface area contributed by atoms with E-state index in [0.29, 0.717) is 0 Å². The lowest BCUT2D eigenvalue weighted by atomic mass is 10.1. The van der Waals surface area contributed by atoms with Crippen LogP contribution in [0.15, 0.2) is 0 Å². The molecule has 0 spiro atoms. The van der Waals surface area contributed by atoms with Gasteiger partial charge in [0.15, 0.2) is 0 Å². The fraction of sp³-hybridized carbons (Fsp3) is 0.833. The minimum atomic E-state index is 0.972. The second kappa shape index (κ2) is 1.22. The van der Waals surface area contributed by atoms with Crippen molar-refractivity contribution in [2.24, 2.45) is 5.92 Å². The van der Waals surface area contributed by atoms with Crippen molar-refractivity contribution >= 4 is 0 Å². The number of hydrogen-bond donors (Lipinski definition) is 0. The molecule has 0 aliphatic carbocycles. The number of piperidine rings is 1. The molecule has 1 nitrogen and oxygen atoms in total. The van der Waals surface area contributed by atoms with Gasteiger partial charge in [-0.1, -0.05) is 0 Å². The lowest BCUT2D eigenvalue weighted by molar-refractivity contribution is 0.391. The van der Waals surface area contributed by atoms with Crippen molar-refractivity contribution in [1.29, 1.82) is 0 Å². The predicted octanol–water partition coefficient (Wildman–Crippen LogP) is 0.526. The fourth-order valence-corrected chi connectivity index (χ4v) is 1.52. The first-order valence-corrected chi connectivity index (χ1v) is 3.01. The number of fused-ring (bicyclic) bond motifs is 2. The van der Waals surface area contributed by atoms with E-state index in [4.69, 9.17) is 0 Å². The number of rotatable bonds is 0. The molecule has 0 aromatic rings. The van der Waals surface area contributed by atoms with Crippen LogP contribution in [0, 0.1) is 12.3 Å². The van der Waals surface area contributed by atoms with Crippen LogP contribution in [0.3, 0.4) is 0 Å². The van der Waals surface area contributed by atoms with Gasteiger partial charge in [-0.05, 0) is 25.3 Å². The van der Waals surface area contributed by atoms with Gasteiger partial charge in [0.25, 0.3) is 0 Å². The van der Waals surface area contributed by atoms with Gasteiger partial charge in [-0.25, -0.2) is 0 Å². The van der Waals surface area contributed by atoms with E-state index in [1.54, 1.807) is 0 Å². The molecule has 2 unspecified atom stereocenters. The zero-order chi connectivity index (χ0) is 4.69. The van der Waals surface area contributed by atoms with Crippen LogP contribution in [0.2, 0.25) is 0 Å². The van der Waals surface area contributed by atoms with E-state index in [1.807, 2.05) is 0 Å². The molecule has 0 N–H and O–H groups in total. The van der Waals surface area contributed by atoms with E-state index in [1.165, 1.54) is 26.1 Å². The molecule has 2 fully saturated rings. The molecule has 2 bridgehead atoms. The highest BCUT2D eigenvalue weighted by Gasteiger charge is 2.28. The second-order valence-corrected chi connectivity index (χ2v) is 2.54. The molecule has 2 heterocycles.